The minimum atomic E-state index is 0.357. The van der Waals surface area contributed by atoms with Crippen LogP contribution in [0, 0.1) is 5.92 Å². The lowest BCUT2D eigenvalue weighted by atomic mass is 9.99. The van der Waals surface area contributed by atoms with Gasteiger partial charge in [0.1, 0.15) is 0 Å². The van der Waals surface area contributed by atoms with Gasteiger partial charge in [0, 0.05) is 37.3 Å². The fraction of sp³-hybridized carbons (Fsp3) is 0.727. The summed E-state index contributed by atoms with van der Waals surface area (Å²) >= 11 is 6.20. The van der Waals surface area contributed by atoms with Crippen LogP contribution in [-0.2, 0) is 13.6 Å². The minimum absolute atomic E-state index is 0.357. The maximum Gasteiger partial charge on any atom is 0.0534 e. The topological polar surface area (TPSA) is 21.1 Å². The quantitative estimate of drug-likeness (QED) is 0.720. The van der Waals surface area contributed by atoms with E-state index in [1.54, 1.807) is 0 Å². The molecule has 1 aliphatic heterocycles. The summed E-state index contributed by atoms with van der Waals surface area (Å²) in [5, 5.41) is 4.54. The molecule has 15 heavy (non-hydrogen) atoms. The number of piperidine rings is 1. The van der Waals surface area contributed by atoms with E-state index in [1.165, 1.54) is 5.56 Å². The molecule has 3 nitrogen and oxygen atoms in total. The van der Waals surface area contributed by atoms with Crippen molar-refractivity contribution in [2.45, 2.75) is 25.3 Å². The van der Waals surface area contributed by atoms with Gasteiger partial charge >= 0.3 is 0 Å². The van der Waals surface area contributed by atoms with Crippen molar-refractivity contribution in [3.05, 3.63) is 18.0 Å². The van der Waals surface area contributed by atoms with Crippen molar-refractivity contribution >= 4 is 11.6 Å². The molecule has 0 N–H and O–H groups in total. The van der Waals surface area contributed by atoms with Crippen LogP contribution in [0.5, 0.6) is 0 Å². The third-order valence-electron chi connectivity index (χ3n) is 3.05. The van der Waals surface area contributed by atoms with E-state index in [4.69, 9.17) is 11.6 Å². The second-order valence-corrected chi connectivity index (χ2v) is 5.10. The summed E-state index contributed by atoms with van der Waals surface area (Å²) in [6, 6.07) is 0. The summed E-state index contributed by atoms with van der Waals surface area (Å²) in [7, 11) is 1.96. The van der Waals surface area contributed by atoms with Crippen LogP contribution in [0.3, 0.4) is 0 Å². The number of rotatable bonds is 2. The normalized spacial score (nSPS) is 28.2. The van der Waals surface area contributed by atoms with Gasteiger partial charge < -0.3 is 0 Å². The molecule has 1 saturated heterocycles. The number of halogens is 1. The Hall–Kier alpha value is -0.540. The van der Waals surface area contributed by atoms with Crippen LogP contribution in [0.1, 0.15) is 18.9 Å². The smallest absolute Gasteiger partial charge is 0.0534 e. The minimum Gasteiger partial charge on any atom is -0.299 e. The first-order valence-electron chi connectivity index (χ1n) is 5.49. The Kier molecular flexibility index (Phi) is 3.32. The van der Waals surface area contributed by atoms with Crippen molar-refractivity contribution in [3.63, 3.8) is 0 Å². The monoisotopic (exact) mass is 227 g/mol. The van der Waals surface area contributed by atoms with Gasteiger partial charge in [-0.25, -0.2) is 0 Å². The van der Waals surface area contributed by atoms with Crippen molar-refractivity contribution in [3.8, 4) is 0 Å². The molecule has 84 valence electrons. The fourth-order valence-electron chi connectivity index (χ4n) is 2.16. The zero-order valence-electron chi connectivity index (χ0n) is 9.36. The molecular formula is C11H18ClN3. The molecule has 1 aromatic rings. The van der Waals surface area contributed by atoms with Crippen molar-refractivity contribution < 1.29 is 0 Å². The number of aryl methyl sites for hydroxylation is 1. The maximum absolute atomic E-state index is 6.20. The van der Waals surface area contributed by atoms with Crippen molar-refractivity contribution in [1.29, 1.82) is 0 Å². The summed E-state index contributed by atoms with van der Waals surface area (Å²) in [6.07, 6.45) is 5.12. The van der Waals surface area contributed by atoms with Gasteiger partial charge in [-0.1, -0.05) is 6.92 Å². The van der Waals surface area contributed by atoms with Crippen LogP contribution < -0.4 is 0 Å². The maximum atomic E-state index is 6.20. The predicted molar refractivity (Wildman–Crippen MR) is 61.9 cm³/mol. The summed E-state index contributed by atoms with van der Waals surface area (Å²) in [5.41, 5.74) is 1.29. The number of hydrogen-bond acceptors (Lipinski definition) is 2. The third kappa shape index (κ3) is 2.73. The van der Waals surface area contributed by atoms with Crippen LogP contribution in [0.15, 0.2) is 12.4 Å². The van der Waals surface area contributed by atoms with Gasteiger partial charge in [-0.2, -0.15) is 5.10 Å². The van der Waals surface area contributed by atoms with Gasteiger partial charge in [-0.15, -0.1) is 11.6 Å². The van der Waals surface area contributed by atoms with Gasteiger partial charge in [-0.05, 0) is 18.9 Å². The molecule has 2 heterocycles. The number of likely N-dealkylation sites (tertiary alicyclic amines) is 1. The zero-order valence-corrected chi connectivity index (χ0v) is 10.1. The standard InChI is InChI=1S/C11H18ClN3/c1-9-6-15(4-3-11(9)12)8-10-5-13-14(2)7-10/h5,7,9,11H,3-4,6,8H2,1-2H3. The average Bonchev–Trinajstić information content (AvgIpc) is 2.58. The molecule has 4 heteroatoms. The van der Waals surface area contributed by atoms with E-state index < -0.39 is 0 Å². The Morgan fingerprint density at radius 3 is 3.00 bits per heavy atom. The number of aromatic nitrogens is 2. The Bertz CT molecular complexity index is 323. The fourth-order valence-corrected chi connectivity index (χ4v) is 2.34. The van der Waals surface area contributed by atoms with Crippen molar-refractivity contribution in [2.75, 3.05) is 13.1 Å². The van der Waals surface area contributed by atoms with Gasteiger partial charge in [0.25, 0.3) is 0 Å². The first kappa shape index (κ1) is 11.0. The second kappa shape index (κ2) is 4.54. The van der Waals surface area contributed by atoms with Crippen LogP contribution in [-0.4, -0.2) is 33.1 Å². The molecule has 0 saturated carbocycles. The van der Waals surface area contributed by atoms with E-state index in [0.717, 1.165) is 26.1 Å². The van der Waals surface area contributed by atoms with Gasteiger partial charge in [0.15, 0.2) is 0 Å². The highest BCUT2D eigenvalue weighted by Gasteiger charge is 2.24. The molecule has 0 aliphatic carbocycles. The van der Waals surface area contributed by atoms with E-state index in [-0.39, 0.29) is 0 Å². The van der Waals surface area contributed by atoms with Crippen LogP contribution >= 0.6 is 11.6 Å². The largest absolute Gasteiger partial charge is 0.299 e. The van der Waals surface area contributed by atoms with Gasteiger partial charge in [0.05, 0.1) is 6.20 Å². The molecule has 1 aliphatic rings. The molecule has 2 unspecified atom stereocenters. The lowest BCUT2D eigenvalue weighted by Crippen LogP contribution is -2.39. The van der Waals surface area contributed by atoms with Crippen molar-refractivity contribution in [1.82, 2.24) is 14.7 Å². The molecule has 0 aromatic carbocycles. The first-order valence-corrected chi connectivity index (χ1v) is 5.93. The van der Waals surface area contributed by atoms with Crippen molar-refractivity contribution in [2.24, 2.45) is 13.0 Å². The average molecular weight is 228 g/mol. The predicted octanol–water partition coefficient (Wildman–Crippen LogP) is 1.87. The Morgan fingerprint density at radius 2 is 2.40 bits per heavy atom. The SMILES string of the molecule is CC1CN(Cc2cnn(C)c2)CCC1Cl. The Balaban J connectivity index is 1.90. The summed E-state index contributed by atoms with van der Waals surface area (Å²) in [6.45, 7) is 5.44. The molecule has 0 bridgehead atoms. The molecule has 2 atom stereocenters. The van der Waals surface area contributed by atoms with E-state index in [2.05, 4.69) is 23.1 Å². The second-order valence-electron chi connectivity index (χ2n) is 4.54. The Labute approximate surface area is 96.0 Å². The first-order chi connectivity index (χ1) is 7.15. The molecular weight excluding hydrogens is 210 g/mol. The zero-order chi connectivity index (χ0) is 10.8. The number of hydrogen-bond donors (Lipinski definition) is 0. The third-order valence-corrected chi connectivity index (χ3v) is 3.70. The highest BCUT2D eigenvalue weighted by atomic mass is 35.5. The lowest BCUT2D eigenvalue weighted by molar-refractivity contribution is 0.180. The van der Waals surface area contributed by atoms with E-state index in [0.29, 0.717) is 11.3 Å². The van der Waals surface area contributed by atoms with Crippen LogP contribution in [0.4, 0.5) is 0 Å². The lowest BCUT2D eigenvalue weighted by Gasteiger charge is -2.33. The summed E-state index contributed by atoms with van der Waals surface area (Å²) in [5.74, 6) is 0.595. The van der Waals surface area contributed by atoms with Gasteiger partial charge in [0.2, 0.25) is 0 Å². The van der Waals surface area contributed by atoms with Crippen LogP contribution in [0.25, 0.3) is 0 Å². The molecule has 0 amide bonds. The van der Waals surface area contributed by atoms with E-state index in [1.807, 2.05) is 17.9 Å². The molecule has 1 fully saturated rings. The van der Waals surface area contributed by atoms with Gasteiger partial charge in [-0.3, -0.25) is 9.58 Å². The highest BCUT2D eigenvalue weighted by Crippen LogP contribution is 2.22. The summed E-state index contributed by atoms with van der Waals surface area (Å²) < 4.78 is 1.85. The molecule has 1 aromatic heterocycles. The molecule has 2 rings (SSSR count). The van der Waals surface area contributed by atoms with Crippen LogP contribution in [0.2, 0.25) is 0 Å². The summed E-state index contributed by atoms with van der Waals surface area (Å²) in [4.78, 5) is 2.46. The number of alkyl halides is 1. The van der Waals surface area contributed by atoms with E-state index >= 15 is 0 Å². The molecule has 0 radical (unpaired) electrons. The Morgan fingerprint density at radius 1 is 1.60 bits per heavy atom. The molecule has 0 spiro atoms. The number of nitrogens with zero attached hydrogens (tertiary/aromatic N) is 3. The highest BCUT2D eigenvalue weighted by molar-refractivity contribution is 6.20. The van der Waals surface area contributed by atoms with E-state index in [9.17, 15) is 0 Å².